The number of pyridine rings is 1. The second kappa shape index (κ2) is 10.9. The molecule has 11 heteroatoms. The van der Waals surface area contributed by atoms with Crippen molar-refractivity contribution in [2.45, 2.75) is 6.42 Å². The van der Waals surface area contributed by atoms with Crippen LogP contribution in [0.4, 0.5) is 15.0 Å². The normalized spacial score (nSPS) is 13.5. The van der Waals surface area contributed by atoms with Crippen LogP contribution >= 0.6 is 11.6 Å². The quantitative estimate of drug-likeness (QED) is 0.576. The number of piperazine rings is 1. The molecule has 1 aromatic carbocycles. The highest BCUT2D eigenvalue weighted by molar-refractivity contribution is 6.32. The molecule has 0 saturated carbocycles. The number of aromatic nitrogens is 3. The highest BCUT2D eigenvalue weighted by Gasteiger charge is 2.25. The van der Waals surface area contributed by atoms with E-state index in [0.29, 0.717) is 50.7 Å². The third-order valence-corrected chi connectivity index (χ3v) is 5.52. The number of halogens is 2. The molecule has 0 atom stereocenters. The lowest BCUT2D eigenvalue weighted by Crippen LogP contribution is -2.51. The molecule has 3 heterocycles. The van der Waals surface area contributed by atoms with Crippen LogP contribution < -0.4 is 10.1 Å². The summed E-state index contributed by atoms with van der Waals surface area (Å²) in [4.78, 5) is 40.7. The topological polar surface area (TPSA) is 101 Å². The summed E-state index contributed by atoms with van der Waals surface area (Å²) in [6.07, 6.45) is 4.90. The molecule has 1 aliphatic heterocycles. The lowest BCUT2D eigenvalue weighted by atomic mass is 10.1. The Morgan fingerprint density at radius 1 is 1.00 bits per heavy atom. The van der Waals surface area contributed by atoms with Crippen LogP contribution in [0, 0.1) is 5.82 Å². The van der Waals surface area contributed by atoms with E-state index in [1.165, 1.54) is 30.7 Å². The van der Waals surface area contributed by atoms with Crippen molar-refractivity contribution in [2.24, 2.45) is 0 Å². The maximum atomic E-state index is 13.3. The largest absolute Gasteiger partial charge is 0.477 e. The summed E-state index contributed by atoms with van der Waals surface area (Å²) >= 11 is 5.93. The van der Waals surface area contributed by atoms with Crippen molar-refractivity contribution in [1.29, 1.82) is 0 Å². The summed E-state index contributed by atoms with van der Waals surface area (Å²) in [6.45, 7) is 1.77. The first-order chi connectivity index (χ1) is 16.5. The van der Waals surface area contributed by atoms with Gasteiger partial charge in [-0.25, -0.2) is 24.1 Å². The van der Waals surface area contributed by atoms with E-state index >= 15 is 0 Å². The zero-order chi connectivity index (χ0) is 23.9. The molecule has 1 aliphatic rings. The van der Waals surface area contributed by atoms with Crippen LogP contribution in [0.25, 0.3) is 0 Å². The number of urea groups is 1. The van der Waals surface area contributed by atoms with Gasteiger partial charge >= 0.3 is 6.03 Å². The summed E-state index contributed by atoms with van der Waals surface area (Å²) in [5.41, 5.74) is 1.26. The molecule has 0 bridgehead atoms. The Balaban J connectivity index is 1.28. The highest BCUT2D eigenvalue weighted by Crippen LogP contribution is 2.17. The second-order valence-corrected chi connectivity index (χ2v) is 7.87. The minimum atomic E-state index is -0.354. The van der Waals surface area contributed by atoms with Crippen LogP contribution in [-0.2, 0) is 6.42 Å². The van der Waals surface area contributed by atoms with Crippen LogP contribution in [-0.4, -0.2) is 69.5 Å². The van der Waals surface area contributed by atoms with Gasteiger partial charge in [-0.3, -0.25) is 10.1 Å². The molecule has 9 nitrogen and oxygen atoms in total. The van der Waals surface area contributed by atoms with Gasteiger partial charge in [0.25, 0.3) is 5.91 Å². The fourth-order valence-electron chi connectivity index (χ4n) is 3.47. The van der Waals surface area contributed by atoms with Crippen molar-refractivity contribution < 1.29 is 18.7 Å². The van der Waals surface area contributed by atoms with E-state index in [0.717, 1.165) is 5.56 Å². The first-order valence-electron chi connectivity index (χ1n) is 10.6. The van der Waals surface area contributed by atoms with E-state index < -0.39 is 0 Å². The van der Waals surface area contributed by atoms with Gasteiger partial charge in [-0.1, -0.05) is 23.7 Å². The van der Waals surface area contributed by atoms with Gasteiger partial charge in [-0.15, -0.1) is 0 Å². The molecule has 34 heavy (non-hydrogen) atoms. The minimum Gasteiger partial charge on any atom is -0.477 e. The fraction of sp³-hybridized carbons (Fsp3) is 0.261. The van der Waals surface area contributed by atoms with Crippen LogP contribution in [0.5, 0.6) is 5.88 Å². The Bertz CT molecular complexity index is 1170. The van der Waals surface area contributed by atoms with Crippen molar-refractivity contribution in [3.8, 4) is 5.88 Å². The number of carbonyl (C=O) groups is 2. The molecular weight excluding hydrogens is 463 g/mol. The van der Waals surface area contributed by atoms with Crippen molar-refractivity contribution >= 4 is 29.4 Å². The van der Waals surface area contributed by atoms with Crippen molar-refractivity contribution in [3.63, 3.8) is 0 Å². The monoisotopic (exact) mass is 484 g/mol. The van der Waals surface area contributed by atoms with Crippen LogP contribution in [0.3, 0.4) is 0 Å². The smallest absolute Gasteiger partial charge is 0.323 e. The number of nitrogens with one attached hydrogen (secondary N) is 1. The van der Waals surface area contributed by atoms with Gasteiger partial charge in [0.2, 0.25) is 5.88 Å². The SMILES string of the molecule is O=C(Nc1nccnc1Cl)N1CCN(C(=O)c2ccnc(OCCc3cccc(F)c3)c2)CC1. The highest BCUT2D eigenvalue weighted by atomic mass is 35.5. The molecule has 1 fully saturated rings. The standard InChI is InChI=1S/C23H22ClFN6O3/c24-20-21(28-8-7-27-20)29-23(33)31-11-9-30(10-12-31)22(32)17-4-6-26-19(15-17)34-13-5-16-2-1-3-18(25)14-16/h1-4,6-8,14-15H,5,9-13H2,(H,28,29,33). The Hall–Kier alpha value is -3.79. The zero-order valence-electron chi connectivity index (χ0n) is 18.2. The van der Waals surface area contributed by atoms with E-state index in [-0.39, 0.29) is 28.7 Å². The summed E-state index contributed by atoms with van der Waals surface area (Å²) < 4.78 is 18.9. The molecule has 1 saturated heterocycles. The number of hydrogen-bond donors (Lipinski definition) is 1. The average Bonchev–Trinajstić information content (AvgIpc) is 2.85. The molecule has 2 aromatic heterocycles. The molecule has 1 N–H and O–H groups in total. The lowest BCUT2D eigenvalue weighted by Gasteiger charge is -2.34. The average molecular weight is 485 g/mol. The fourth-order valence-corrected chi connectivity index (χ4v) is 3.62. The minimum absolute atomic E-state index is 0.108. The summed E-state index contributed by atoms with van der Waals surface area (Å²) in [5, 5.41) is 2.74. The van der Waals surface area contributed by atoms with Gasteiger partial charge in [-0.05, 0) is 23.8 Å². The Morgan fingerprint density at radius 2 is 1.76 bits per heavy atom. The molecule has 0 radical (unpaired) electrons. The first kappa shape index (κ1) is 23.4. The van der Waals surface area contributed by atoms with Crippen molar-refractivity contribution in [2.75, 3.05) is 38.1 Å². The molecule has 3 aromatic rings. The number of amides is 3. The number of benzene rings is 1. The molecule has 0 unspecified atom stereocenters. The molecular formula is C23H22ClFN6O3. The van der Waals surface area contributed by atoms with Crippen LogP contribution in [0.15, 0.2) is 55.0 Å². The second-order valence-electron chi connectivity index (χ2n) is 7.52. The number of anilines is 1. The lowest BCUT2D eigenvalue weighted by molar-refractivity contribution is 0.0671. The van der Waals surface area contributed by atoms with Crippen LogP contribution in [0.1, 0.15) is 15.9 Å². The molecule has 176 valence electrons. The number of hydrogen-bond acceptors (Lipinski definition) is 6. The van der Waals surface area contributed by atoms with Gasteiger partial charge in [0.1, 0.15) is 5.82 Å². The van der Waals surface area contributed by atoms with Crippen LogP contribution in [0.2, 0.25) is 5.15 Å². The third-order valence-electron chi connectivity index (χ3n) is 5.24. The van der Waals surface area contributed by atoms with Gasteiger partial charge in [0, 0.05) is 62.8 Å². The van der Waals surface area contributed by atoms with E-state index in [2.05, 4.69) is 20.3 Å². The molecule has 0 aliphatic carbocycles. The zero-order valence-corrected chi connectivity index (χ0v) is 18.9. The number of rotatable bonds is 6. The van der Waals surface area contributed by atoms with E-state index in [9.17, 15) is 14.0 Å². The Kier molecular flexibility index (Phi) is 7.48. The first-order valence-corrected chi connectivity index (χ1v) is 11.0. The maximum absolute atomic E-state index is 13.3. The van der Waals surface area contributed by atoms with Crippen molar-refractivity contribution in [3.05, 3.63) is 77.1 Å². The Labute approximate surface area is 200 Å². The maximum Gasteiger partial charge on any atom is 0.323 e. The Morgan fingerprint density at radius 3 is 2.53 bits per heavy atom. The molecule has 0 spiro atoms. The summed E-state index contributed by atoms with van der Waals surface area (Å²) in [5.74, 6) is 0.0447. The van der Waals surface area contributed by atoms with E-state index in [4.69, 9.17) is 16.3 Å². The summed E-state index contributed by atoms with van der Waals surface area (Å²) in [7, 11) is 0. The van der Waals surface area contributed by atoms with Gasteiger partial charge in [0.15, 0.2) is 11.0 Å². The predicted molar refractivity (Wildman–Crippen MR) is 123 cm³/mol. The number of nitrogens with zero attached hydrogens (tertiary/aromatic N) is 5. The molecule has 3 amide bonds. The van der Waals surface area contributed by atoms with Gasteiger partial charge in [-0.2, -0.15) is 0 Å². The van der Waals surface area contributed by atoms with E-state index in [1.807, 2.05) is 6.07 Å². The summed E-state index contributed by atoms with van der Waals surface area (Å²) in [6, 6.07) is 9.17. The van der Waals surface area contributed by atoms with Gasteiger partial charge < -0.3 is 14.5 Å². The van der Waals surface area contributed by atoms with Crippen molar-refractivity contribution in [1.82, 2.24) is 24.8 Å². The molecule has 4 rings (SSSR count). The predicted octanol–water partition coefficient (Wildman–Crippen LogP) is 3.28. The van der Waals surface area contributed by atoms with E-state index in [1.54, 1.807) is 28.0 Å². The third kappa shape index (κ3) is 5.96. The van der Waals surface area contributed by atoms with Gasteiger partial charge in [0.05, 0.1) is 6.61 Å². The number of carbonyl (C=O) groups excluding carboxylic acids is 2. The number of ether oxygens (including phenoxy) is 1.